The van der Waals surface area contributed by atoms with Crippen molar-refractivity contribution in [2.45, 2.75) is 45.0 Å². The lowest BCUT2D eigenvalue weighted by molar-refractivity contribution is 0.649. The highest BCUT2D eigenvalue weighted by molar-refractivity contribution is 9.08. The maximum absolute atomic E-state index is 4.18. The predicted molar refractivity (Wildman–Crippen MR) is 56.9 cm³/mol. The molecule has 1 rings (SSSR count). The number of aryl methyl sites for hydroxylation is 1. The quantitative estimate of drug-likeness (QED) is 0.747. The maximum Gasteiger partial charge on any atom is 0.143 e. The highest BCUT2D eigenvalue weighted by Crippen LogP contribution is 2.08. The summed E-state index contributed by atoms with van der Waals surface area (Å²) in [6.45, 7) is 5.29. The van der Waals surface area contributed by atoms with Crippen LogP contribution in [-0.2, 0) is 18.3 Å². The van der Waals surface area contributed by atoms with E-state index in [1.165, 1.54) is 12.8 Å². The third-order valence-corrected chi connectivity index (χ3v) is 2.60. The zero-order valence-electron chi connectivity index (χ0n) is 8.26. The number of unbranched alkanes of at least 4 members (excludes halogenated alkanes) is 1. The van der Waals surface area contributed by atoms with E-state index in [0.717, 1.165) is 29.9 Å². The number of halogens is 1. The highest BCUT2D eigenvalue weighted by atomic mass is 79.9. The average Bonchev–Trinajstić information content (AvgIpc) is 2.56. The van der Waals surface area contributed by atoms with Crippen molar-refractivity contribution in [3.05, 3.63) is 11.6 Å². The number of hydrogen-bond acceptors (Lipinski definition) is 2. The molecular weight excluding hydrogens is 230 g/mol. The van der Waals surface area contributed by atoms with Gasteiger partial charge in [0.2, 0.25) is 0 Å². The number of rotatable bonds is 5. The average molecular weight is 246 g/mol. The first-order valence-electron chi connectivity index (χ1n) is 4.80. The van der Waals surface area contributed by atoms with Gasteiger partial charge in [0.15, 0.2) is 0 Å². The molecule has 0 aliphatic rings. The van der Waals surface area contributed by atoms with Crippen LogP contribution in [0.5, 0.6) is 0 Å². The zero-order chi connectivity index (χ0) is 9.68. The minimum atomic E-state index is 0.792. The summed E-state index contributed by atoms with van der Waals surface area (Å²) in [7, 11) is 0. The molecule has 1 aromatic rings. The van der Waals surface area contributed by atoms with Gasteiger partial charge in [-0.3, -0.25) is 0 Å². The Hall–Kier alpha value is -0.380. The molecule has 0 unspecified atom stereocenters. The molecule has 4 heteroatoms. The van der Waals surface area contributed by atoms with Gasteiger partial charge in [-0.2, -0.15) is 0 Å². The highest BCUT2D eigenvalue weighted by Gasteiger charge is 2.07. The van der Waals surface area contributed by atoms with Gasteiger partial charge >= 0.3 is 0 Å². The van der Waals surface area contributed by atoms with E-state index in [1.54, 1.807) is 0 Å². The molecule has 0 aromatic carbocycles. The minimum absolute atomic E-state index is 0.792. The number of alkyl halides is 1. The Balaban J connectivity index is 2.75. The van der Waals surface area contributed by atoms with Gasteiger partial charge in [0.1, 0.15) is 11.6 Å². The Morgan fingerprint density at radius 3 is 2.46 bits per heavy atom. The Morgan fingerprint density at radius 1 is 1.23 bits per heavy atom. The second-order valence-corrected chi connectivity index (χ2v) is 3.57. The van der Waals surface area contributed by atoms with Crippen LogP contribution in [-0.4, -0.2) is 14.8 Å². The van der Waals surface area contributed by atoms with Crippen LogP contribution < -0.4 is 0 Å². The van der Waals surface area contributed by atoms with Crippen LogP contribution in [0.2, 0.25) is 0 Å². The van der Waals surface area contributed by atoms with Gasteiger partial charge in [0.05, 0.1) is 5.33 Å². The van der Waals surface area contributed by atoms with Crippen LogP contribution in [0.4, 0.5) is 0 Å². The van der Waals surface area contributed by atoms with Gasteiger partial charge in [-0.05, 0) is 13.3 Å². The molecule has 0 saturated heterocycles. The predicted octanol–water partition coefficient (Wildman–Crippen LogP) is 2.54. The zero-order valence-corrected chi connectivity index (χ0v) is 9.84. The summed E-state index contributed by atoms with van der Waals surface area (Å²) in [6, 6.07) is 0. The summed E-state index contributed by atoms with van der Waals surface area (Å²) in [5.41, 5.74) is 0. The van der Waals surface area contributed by atoms with Crippen molar-refractivity contribution in [2.24, 2.45) is 0 Å². The molecule has 0 radical (unpaired) electrons. The fourth-order valence-corrected chi connectivity index (χ4v) is 1.77. The summed E-state index contributed by atoms with van der Waals surface area (Å²) in [6.07, 6.45) is 3.45. The summed E-state index contributed by atoms with van der Waals surface area (Å²) in [5, 5.41) is 9.09. The molecule has 13 heavy (non-hydrogen) atoms. The molecular formula is C9H16BrN3. The number of hydrogen-bond donors (Lipinski definition) is 0. The van der Waals surface area contributed by atoms with Crippen LogP contribution in [0.1, 0.15) is 38.3 Å². The minimum Gasteiger partial charge on any atom is -0.315 e. The summed E-state index contributed by atoms with van der Waals surface area (Å²) in [4.78, 5) is 0. The van der Waals surface area contributed by atoms with Crippen LogP contribution in [0.15, 0.2) is 0 Å². The molecule has 0 atom stereocenters. The molecule has 0 saturated carbocycles. The third-order valence-electron chi connectivity index (χ3n) is 2.09. The van der Waals surface area contributed by atoms with Crippen molar-refractivity contribution < 1.29 is 0 Å². The normalized spacial score (nSPS) is 10.7. The number of nitrogens with zero attached hydrogens (tertiary/aromatic N) is 3. The van der Waals surface area contributed by atoms with Crippen LogP contribution in [0.3, 0.4) is 0 Å². The van der Waals surface area contributed by atoms with E-state index in [4.69, 9.17) is 0 Å². The first kappa shape index (κ1) is 10.7. The Labute approximate surface area is 87.7 Å². The van der Waals surface area contributed by atoms with E-state index >= 15 is 0 Å². The Morgan fingerprint density at radius 2 is 1.92 bits per heavy atom. The fourth-order valence-electron chi connectivity index (χ4n) is 1.36. The fraction of sp³-hybridized carbons (Fsp3) is 0.778. The van der Waals surface area contributed by atoms with E-state index in [9.17, 15) is 0 Å². The lowest BCUT2D eigenvalue weighted by atomic mass is 10.2. The van der Waals surface area contributed by atoms with Crippen LogP contribution >= 0.6 is 15.9 Å². The van der Waals surface area contributed by atoms with Gasteiger partial charge in [0, 0.05) is 13.0 Å². The van der Waals surface area contributed by atoms with E-state index < -0.39 is 0 Å². The molecule has 0 spiro atoms. The monoisotopic (exact) mass is 245 g/mol. The van der Waals surface area contributed by atoms with Crippen molar-refractivity contribution in [3.8, 4) is 0 Å². The molecule has 74 valence electrons. The summed E-state index contributed by atoms with van der Waals surface area (Å²) < 4.78 is 2.18. The van der Waals surface area contributed by atoms with Crippen molar-refractivity contribution in [1.29, 1.82) is 0 Å². The van der Waals surface area contributed by atoms with Crippen LogP contribution in [0.25, 0.3) is 0 Å². The van der Waals surface area contributed by atoms with Crippen molar-refractivity contribution >= 4 is 15.9 Å². The van der Waals surface area contributed by atoms with Gasteiger partial charge in [-0.15, -0.1) is 10.2 Å². The van der Waals surface area contributed by atoms with E-state index in [0.29, 0.717) is 0 Å². The molecule has 0 N–H and O–H groups in total. The molecule has 0 aliphatic heterocycles. The number of aromatic nitrogens is 3. The van der Waals surface area contributed by atoms with Crippen molar-refractivity contribution in [1.82, 2.24) is 14.8 Å². The molecule has 1 heterocycles. The second kappa shape index (κ2) is 5.37. The van der Waals surface area contributed by atoms with E-state index in [2.05, 4.69) is 44.5 Å². The standard InChI is InChI=1S/C9H16BrN3/c1-3-5-6-8-11-12-9(7-10)13(8)4-2/h3-7H2,1-2H3. The first-order chi connectivity index (χ1) is 6.33. The molecule has 1 aromatic heterocycles. The van der Waals surface area contributed by atoms with Crippen molar-refractivity contribution in [2.75, 3.05) is 0 Å². The lowest BCUT2D eigenvalue weighted by Crippen LogP contribution is -2.04. The topological polar surface area (TPSA) is 30.7 Å². The SMILES string of the molecule is CCCCc1nnc(CBr)n1CC. The largest absolute Gasteiger partial charge is 0.315 e. The Kier molecular flexibility index (Phi) is 4.42. The smallest absolute Gasteiger partial charge is 0.143 e. The van der Waals surface area contributed by atoms with E-state index in [1.807, 2.05) is 0 Å². The first-order valence-corrected chi connectivity index (χ1v) is 5.92. The maximum atomic E-state index is 4.18. The molecule has 0 bridgehead atoms. The van der Waals surface area contributed by atoms with Gasteiger partial charge in [-0.1, -0.05) is 29.3 Å². The van der Waals surface area contributed by atoms with E-state index in [-0.39, 0.29) is 0 Å². The molecule has 3 nitrogen and oxygen atoms in total. The summed E-state index contributed by atoms with van der Waals surface area (Å²) >= 11 is 3.41. The van der Waals surface area contributed by atoms with Gasteiger partial charge in [-0.25, -0.2) is 0 Å². The summed E-state index contributed by atoms with van der Waals surface area (Å²) in [5.74, 6) is 2.16. The van der Waals surface area contributed by atoms with Gasteiger partial charge in [0.25, 0.3) is 0 Å². The molecule has 0 amide bonds. The second-order valence-electron chi connectivity index (χ2n) is 3.01. The van der Waals surface area contributed by atoms with Crippen LogP contribution in [0, 0.1) is 0 Å². The van der Waals surface area contributed by atoms with Crippen molar-refractivity contribution in [3.63, 3.8) is 0 Å². The molecule has 0 aliphatic carbocycles. The third kappa shape index (κ3) is 2.53. The van der Waals surface area contributed by atoms with Gasteiger partial charge < -0.3 is 4.57 Å². The Bertz CT molecular complexity index is 257. The molecule has 0 fully saturated rings. The lowest BCUT2D eigenvalue weighted by Gasteiger charge is -2.04.